The quantitative estimate of drug-likeness (QED) is 0.787. The number of hydrogen-bond acceptors (Lipinski definition) is 3. The fraction of sp³-hybridized carbons (Fsp3) is 0.636. The van der Waals surface area contributed by atoms with Crippen LogP contribution in [0.3, 0.4) is 0 Å². The monoisotopic (exact) mass is 213 g/mol. The van der Waals surface area contributed by atoms with Crippen LogP contribution in [-0.2, 0) is 0 Å². The predicted molar refractivity (Wildman–Crippen MR) is 61.8 cm³/mol. The van der Waals surface area contributed by atoms with E-state index in [4.69, 9.17) is 0 Å². The highest BCUT2D eigenvalue weighted by Gasteiger charge is 2.10. The maximum absolute atomic E-state index is 9.41. The molecule has 2 unspecified atom stereocenters. The topological polar surface area (TPSA) is 32.3 Å². The van der Waals surface area contributed by atoms with Gasteiger partial charge in [0.1, 0.15) is 0 Å². The molecule has 0 bridgehead atoms. The Labute approximate surface area is 90.0 Å². The molecule has 0 saturated carbocycles. The smallest absolute Gasteiger partial charge is 0.0662 e. The van der Waals surface area contributed by atoms with E-state index in [2.05, 4.69) is 30.6 Å². The van der Waals surface area contributed by atoms with Crippen molar-refractivity contribution in [1.82, 2.24) is 5.32 Å². The second kappa shape index (κ2) is 5.49. The highest BCUT2D eigenvalue weighted by Crippen LogP contribution is 2.23. The van der Waals surface area contributed by atoms with Crippen LogP contribution >= 0.6 is 11.3 Å². The Morgan fingerprint density at radius 3 is 2.79 bits per heavy atom. The van der Waals surface area contributed by atoms with E-state index in [1.54, 1.807) is 11.3 Å². The summed E-state index contributed by atoms with van der Waals surface area (Å²) >= 11 is 1.77. The maximum atomic E-state index is 9.41. The van der Waals surface area contributed by atoms with E-state index >= 15 is 0 Å². The number of hydrogen-bond donors (Lipinski definition) is 2. The van der Waals surface area contributed by atoms with Gasteiger partial charge in [-0.1, -0.05) is 6.92 Å². The molecule has 0 aliphatic heterocycles. The molecule has 0 aromatic carbocycles. The molecule has 1 aromatic heterocycles. The first kappa shape index (κ1) is 11.7. The Bertz CT molecular complexity index is 272. The van der Waals surface area contributed by atoms with Crippen LogP contribution in [0.2, 0.25) is 0 Å². The molecule has 2 nitrogen and oxygen atoms in total. The predicted octanol–water partition coefficient (Wildman–Crippen LogP) is 2.48. The number of nitrogens with one attached hydrogen (secondary N) is 1. The molecule has 0 aliphatic rings. The van der Waals surface area contributed by atoms with Crippen molar-refractivity contribution >= 4 is 11.3 Å². The largest absolute Gasteiger partial charge is 0.392 e. The van der Waals surface area contributed by atoms with Crippen LogP contribution in [-0.4, -0.2) is 17.8 Å². The second-order valence-electron chi connectivity index (χ2n) is 3.66. The van der Waals surface area contributed by atoms with E-state index in [9.17, 15) is 5.11 Å². The van der Waals surface area contributed by atoms with Crippen molar-refractivity contribution in [2.45, 2.75) is 39.3 Å². The number of aliphatic hydroxyl groups is 1. The van der Waals surface area contributed by atoms with Gasteiger partial charge in [-0.15, -0.1) is 11.3 Å². The van der Waals surface area contributed by atoms with E-state index in [0.717, 1.165) is 6.42 Å². The van der Waals surface area contributed by atoms with Gasteiger partial charge in [-0.2, -0.15) is 0 Å². The molecule has 1 aromatic rings. The molecule has 14 heavy (non-hydrogen) atoms. The number of thiophene rings is 1. The molecule has 0 fully saturated rings. The van der Waals surface area contributed by atoms with Gasteiger partial charge in [-0.25, -0.2) is 0 Å². The fourth-order valence-corrected chi connectivity index (χ4v) is 2.34. The Balaban J connectivity index is 2.43. The van der Waals surface area contributed by atoms with Gasteiger partial charge in [0.25, 0.3) is 0 Å². The number of rotatable bonds is 5. The van der Waals surface area contributed by atoms with Crippen LogP contribution in [0.5, 0.6) is 0 Å². The van der Waals surface area contributed by atoms with Gasteiger partial charge < -0.3 is 10.4 Å². The maximum Gasteiger partial charge on any atom is 0.0662 e. The highest BCUT2D eigenvalue weighted by molar-refractivity contribution is 7.10. The third-order valence-corrected chi connectivity index (χ3v) is 3.63. The first-order valence-corrected chi connectivity index (χ1v) is 5.98. The molecule has 0 amide bonds. The molecular weight excluding hydrogens is 194 g/mol. The first-order valence-electron chi connectivity index (χ1n) is 5.10. The minimum atomic E-state index is -0.224. The summed E-state index contributed by atoms with van der Waals surface area (Å²) in [6.07, 6.45) is 0.584. The molecule has 3 heteroatoms. The number of aliphatic hydroxyl groups excluding tert-OH is 1. The Kier molecular flexibility index (Phi) is 4.58. The van der Waals surface area contributed by atoms with Gasteiger partial charge in [0.05, 0.1) is 6.10 Å². The van der Waals surface area contributed by atoms with Crippen LogP contribution in [0.4, 0.5) is 0 Å². The molecule has 0 radical (unpaired) electrons. The minimum Gasteiger partial charge on any atom is -0.392 e. The van der Waals surface area contributed by atoms with E-state index in [-0.39, 0.29) is 6.10 Å². The molecule has 2 N–H and O–H groups in total. The van der Waals surface area contributed by atoms with Crippen molar-refractivity contribution in [3.8, 4) is 0 Å². The van der Waals surface area contributed by atoms with Crippen LogP contribution in [0.25, 0.3) is 0 Å². The fourth-order valence-electron chi connectivity index (χ4n) is 1.38. The lowest BCUT2D eigenvalue weighted by molar-refractivity contribution is 0.164. The van der Waals surface area contributed by atoms with Gasteiger partial charge in [0.15, 0.2) is 0 Å². The Morgan fingerprint density at radius 1 is 1.57 bits per heavy atom. The van der Waals surface area contributed by atoms with E-state index in [1.807, 2.05) is 6.92 Å². The third kappa shape index (κ3) is 3.08. The van der Waals surface area contributed by atoms with E-state index in [1.165, 1.54) is 10.4 Å². The van der Waals surface area contributed by atoms with Crippen LogP contribution in [0, 0.1) is 6.92 Å². The van der Waals surface area contributed by atoms with Crippen molar-refractivity contribution in [3.05, 3.63) is 21.9 Å². The van der Waals surface area contributed by atoms with E-state index < -0.39 is 0 Å². The molecule has 80 valence electrons. The molecule has 1 rings (SSSR count). The Morgan fingerprint density at radius 2 is 2.29 bits per heavy atom. The highest BCUT2D eigenvalue weighted by atomic mass is 32.1. The molecule has 0 spiro atoms. The summed E-state index contributed by atoms with van der Waals surface area (Å²) in [5, 5.41) is 14.9. The van der Waals surface area contributed by atoms with Crippen LogP contribution in [0.15, 0.2) is 11.4 Å². The van der Waals surface area contributed by atoms with Crippen molar-refractivity contribution in [2.75, 3.05) is 6.54 Å². The first-order chi connectivity index (χ1) is 6.65. The normalized spacial score (nSPS) is 15.4. The van der Waals surface area contributed by atoms with Crippen LogP contribution in [0.1, 0.15) is 36.8 Å². The Hall–Kier alpha value is -0.380. The lowest BCUT2D eigenvalue weighted by Crippen LogP contribution is -2.28. The second-order valence-corrected chi connectivity index (χ2v) is 4.61. The summed E-state index contributed by atoms with van der Waals surface area (Å²) < 4.78 is 0. The zero-order chi connectivity index (χ0) is 10.6. The molecule has 1 heterocycles. The standard InChI is InChI=1S/C11H19NOS/c1-4-10(13)7-12-9(3)11-8(2)5-6-14-11/h5-6,9-10,12-13H,4,7H2,1-3H3. The van der Waals surface area contributed by atoms with Crippen molar-refractivity contribution in [2.24, 2.45) is 0 Å². The summed E-state index contributed by atoms with van der Waals surface area (Å²) in [5.74, 6) is 0. The van der Waals surface area contributed by atoms with Crippen molar-refractivity contribution in [1.29, 1.82) is 0 Å². The minimum absolute atomic E-state index is 0.224. The lowest BCUT2D eigenvalue weighted by Gasteiger charge is -2.15. The summed E-state index contributed by atoms with van der Waals surface area (Å²) in [6, 6.07) is 2.48. The average Bonchev–Trinajstić information content (AvgIpc) is 2.60. The van der Waals surface area contributed by atoms with Gasteiger partial charge in [-0.05, 0) is 37.3 Å². The molecule has 0 aliphatic carbocycles. The third-order valence-electron chi connectivity index (χ3n) is 2.43. The summed E-state index contributed by atoms with van der Waals surface area (Å²) in [6.45, 7) is 6.93. The lowest BCUT2D eigenvalue weighted by atomic mass is 10.2. The average molecular weight is 213 g/mol. The molecular formula is C11H19NOS. The van der Waals surface area contributed by atoms with Crippen molar-refractivity contribution < 1.29 is 5.11 Å². The summed E-state index contributed by atoms with van der Waals surface area (Å²) in [5.41, 5.74) is 1.33. The van der Waals surface area contributed by atoms with E-state index in [0.29, 0.717) is 12.6 Å². The van der Waals surface area contributed by atoms with Gasteiger partial charge in [0, 0.05) is 17.5 Å². The molecule has 0 saturated heterocycles. The zero-order valence-corrected chi connectivity index (χ0v) is 9.90. The van der Waals surface area contributed by atoms with Crippen LogP contribution < -0.4 is 5.32 Å². The van der Waals surface area contributed by atoms with Gasteiger partial charge in [-0.3, -0.25) is 0 Å². The van der Waals surface area contributed by atoms with Gasteiger partial charge in [0.2, 0.25) is 0 Å². The molecule has 2 atom stereocenters. The van der Waals surface area contributed by atoms with Crippen molar-refractivity contribution in [3.63, 3.8) is 0 Å². The summed E-state index contributed by atoms with van der Waals surface area (Å²) in [4.78, 5) is 1.37. The number of aryl methyl sites for hydroxylation is 1. The SMILES string of the molecule is CCC(O)CNC(C)c1sccc1C. The van der Waals surface area contributed by atoms with Gasteiger partial charge >= 0.3 is 0 Å². The zero-order valence-electron chi connectivity index (χ0n) is 9.08. The summed E-state index contributed by atoms with van der Waals surface area (Å²) in [7, 11) is 0.